The second kappa shape index (κ2) is 12.0. The quantitative estimate of drug-likeness (QED) is 0.431. The Labute approximate surface area is 211 Å². The van der Waals surface area contributed by atoms with Crippen LogP contribution in [0, 0.1) is 0 Å². The maximum Gasteiger partial charge on any atom is 0.186 e. The SMILES string of the molecule is COc1ccc(C2OC[C@H]3O[C@H](OC)[C@H](OCc4ccccc4)[C@@H](OCc4ccccc4)[C@H]3O2)cc1. The minimum absolute atomic E-state index is 0.345. The van der Waals surface area contributed by atoms with E-state index >= 15 is 0 Å². The first-order valence-electron chi connectivity index (χ1n) is 12.2. The summed E-state index contributed by atoms with van der Waals surface area (Å²) in [5.41, 5.74) is 3.02. The number of methoxy groups -OCH3 is 2. The molecular weight excluding hydrogens is 460 g/mol. The molecule has 1 unspecified atom stereocenters. The van der Waals surface area contributed by atoms with E-state index in [1.165, 1.54) is 0 Å². The van der Waals surface area contributed by atoms with E-state index in [4.69, 9.17) is 33.2 Å². The molecule has 7 nitrogen and oxygen atoms in total. The van der Waals surface area contributed by atoms with E-state index in [-0.39, 0.29) is 6.10 Å². The molecule has 0 amide bonds. The lowest BCUT2D eigenvalue weighted by atomic mass is 9.97. The molecule has 2 saturated heterocycles. The molecule has 0 aromatic heterocycles. The van der Waals surface area contributed by atoms with Crippen LogP contribution >= 0.6 is 0 Å². The van der Waals surface area contributed by atoms with Gasteiger partial charge in [0.25, 0.3) is 0 Å². The van der Waals surface area contributed by atoms with Crippen LogP contribution in [0.5, 0.6) is 5.75 Å². The van der Waals surface area contributed by atoms with Gasteiger partial charge >= 0.3 is 0 Å². The van der Waals surface area contributed by atoms with Crippen molar-refractivity contribution < 1.29 is 33.2 Å². The molecule has 36 heavy (non-hydrogen) atoms. The lowest BCUT2D eigenvalue weighted by Crippen LogP contribution is -2.63. The number of hydrogen-bond acceptors (Lipinski definition) is 7. The predicted molar refractivity (Wildman–Crippen MR) is 132 cm³/mol. The van der Waals surface area contributed by atoms with Crippen LogP contribution in [0.25, 0.3) is 0 Å². The minimum atomic E-state index is -0.625. The van der Waals surface area contributed by atoms with E-state index in [1.807, 2.05) is 84.9 Å². The van der Waals surface area contributed by atoms with Crippen molar-refractivity contribution in [3.05, 3.63) is 102 Å². The molecule has 5 rings (SSSR count). The van der Waals surface area contributed by atoms with Gasteiger partial charge in [0, 0.05) is 12.7 Å². The molecule has 2 aliphatic rings. The van der Waals surface area contributed by atoms with Gasteiger partial charge in [-0.15, -0.1) is 0 Å². The Bertz CT molecular complexity index is 1060. The zero-order chi connectivity index (χ0) is 24.7. The fourth-order valence-electron chi connectivity index (χ4n) is 4.57. The number of fused-ring (bicyclic) bond motifs is 1. The normalized spacial score (nSPS) is 27.8. The van der Waals surface area contributed by atoms with Crippen molar-refractivity contribution in [2.45, 2.75) is 50.2 Å². The molecule has 0 bridgehead atoms. The van der Waals surface area contributed by atoms with Crippen molar-refractivity contribution in [2.75, 3.05) is 20.8 Å². The van der Waals surface area contributed by atoms with Gasteiger partial charge in [0.2, 0.25) is 0 Å². The molecule has 0 saturated carbocycles. The van der Waals surface area contributed by atoms with Crippen LogP contribution < -0.4 is 4.74 Å². The smallest absolute Gasteiger partial charge is 0.186 e. The highest BCUT2D eigenvalue weighted by Crippen LogP contribution is 2.37. The summed E-state index contributed by atoms with van der Waals surface area (Å²) in [4.78, 5) is 0. The standard InChI is InChI=1S/C29H32O7/c1-30-23-15-13-22(14-16-23)28-34-19-24-25(36-28)26(32-17-20-9-5-3-6-10-20)27(29(31-2)35-24)33-18-21-11-7-4-8-12-21/h3-16,24-29H,17-19H2,1-2H3/t24-,25+,26+,27-,28?,29+/m1/s1. The summed E-state index contributed by atoms with van der Waals surface area (Å²) in [7, 11) is 3.26. The first-order valence-corrected chi connectivity index (χ1v) is 12.2. The third-order valence-corrected chi connectivity index (χ3v) is 6.47. The van der Waals surface area contributed by atoms with Crippen molar-refractivity contribution in [3.8, 4) is 5.75 Å². The van der Waals surface area contributed by atoms with Crippen molar-refractivity contribution in [1.29, 1.82) is 0 Å². The molecule has 3 aromatic carbocycles. The van der Waals surface area contributed by atoms with Crippen molar-refractivity contribution in [3.63, 3.8) is 0 Å². The summed E-state index contributed by atoms with van der Waals surface area (Å²) in [5.74, 6) is 0.773. The zero-order valence-electron chi connectivity index (χ0n) is 20.5. The van der Waals surface area contributed by atoms with Crippen LogP contribution in [0.2, 0.25) is 0 Å². The second-order valence-corrected chi connectivity index (χ2v) is 8.84. The van der Waals surface area contributed by atoms with Crippen molar-refractivity contribution in [2.24, 2.45) is 0 Å². The average molecular weight is 493 g/mol. The summed E-state index contributed by atoms with van der Waals surface area (Å²) in [6, 6.07) is 27.7. The highest BCUT2D eigenvalue weighted by Gasteiger charge is 2.51. The molecular formula is C29H32O7. The summed E-state index contributed by atoms with van der Waals surface area (Å²) in [5, 5.41) is 0. The van der Waals surface area contributed by atoms with E-state index in [0.29, 0.717) is 19.8 Å². The lowest BCUT2D eigenvalue weighted by molar-refractivity contribution is -0.369. The third-order valence-electron chi connectivity index (χ3n) is 6.47. The largest absolute Gasteiger partial charge is 0.497 e. The van der Waals surface area contributed by atoms with Crippen LogP contribution in [0.3, 0.4) is 0 Å². The zero-order valence-corrected chi connectivity index (χ0v) is 20.5. The maximum absolute atomic E-state index is 6.51. The summed E-state index contributed by atoms with van der Waals surface area (Å²) in [6.45, 7) is 1.15. The molecule has 0 aliphatic carbocycles. The van der Waals surface area contributed by atoms with Crippen molar-refractivity contribution in [1.82, 2.24) is 0 Å². The van der Waals surface area contributed by atoms with Gasteiger partial charge in [-0.25, -0.2) is 0 Å². The van der Waals surface area contributed by atoms with Crippen molar-refractivity contribution >= 4 is 0 Å². The molecule has 2 heterocycles. The van der Waals surface area contributed by atoms with Crippen LogP contribution in [0.4, 0.5) is 0 Å². The van der Waals surface area contributed by atoms with Gasteiger partial charge in [-0.05, 0) is 23.3 Å². The Morgan fingerprint density at radius 2 is 1.33 bits per heavy atom. The Morgan fingerprint density at radius 3 is 1.92 bits per heavy atom. The van der Waals surface area contributed by atoms with Gasteiger partial charge in [0.05, 0.1) is 26.9 Å². The highest BCUT2D eigenvalue weighted by atomic mass is 16.8. The van der Waals surface area contributed by atoms with Crippen LogP contribution in [0.15, 0.2) is 84.9 Å². The topological polar surface area (TPSA) is 64.6 Å². The molecule has 0 spiro atoms. The maximum atomic E-state index is 6.51. The number of ether oxygens (including phenoxy) is 7. The summed E-state index contributed by atoms with van der Waals surface area (Å²) in [6.07, 6.45) is -2.90. The van der Waals surface area contributed by atoms with Gasteiger partial charge in [-0.1, -0.05) is 72.8 Å². The number of hydrogen-bond donors (Lipinski definition) is 0. The Morgan fingerprint density at radius 1 is 0.722 bits per heavy atom. The molecule has 6 atom stereocenters. The molecule has 7 heteroatoms. The van der Waals surface area contributed by atoms with Crippen LogP contribution in [-0.2, 0) is 41.6 Å². The summed E-state index contributed by atoms with van der Waals surface area (Å²) < 4.78 is 42.6. The fraction of sp³-hybridized carbons (Fsp3) is 0.379. The molecule has 2 fully saturated rings. The molecule has 0 N–H and O–H groups in total. The first-order chi connectivity index (χ1) is 17.7. The van der Waals surface area contributed by atoms with Crippen LogP contribution in [0.1, 0.15) is 23.0 Å². The molecule has 3 aromatic rings. The third kappa shape index (κ3) is 5.78. The lowest BCUT2D eigenvalue weighted by Gasteiger charge is -2.48. The second-order valence-electron chi connectivity index (χ2n) is 8.84. The number of benzene rings is 3. The fourth-order valence-corrected chi connectivity index (χ4v) is 4.57. The Kier molecular flexibility index (Phi) is 8.28. The Balaban J connectivity index is 1.38. The number of rotatable bonds is 9. The highest BCUT2D eigenvalue weighted by molar-refractivity contribution is 5.28. The molecule has 2 aliphatic heterocycles. The molecule has 190 valence electrons. The Hall–Kier alpha value is -2.78. The van der Waals surface area contributed by atoms with Crippen LogP contribution in [-0.4, -0.2) is 51.5 Å². The van der Waals surface area contributed by atoms with E-state index < -0.39 is 30.9 Å². The first kappa shape index (κ1) is 24.9. The van der Waals surface area contributed by atoms with Gasteiger partial charge in [-0.3, -0.25) is 0 Å². The monoisotopic (exact) mass is 492 g/mol. The molecule has 0 radical (unpaired) electrons. The van der Waals surface area contributed by atoms with Gasteiger partial charge in [-0.2, -0.15) is 0 Å². The van der Waals surface area contributed by atoms with E-state index in [2.05, 4.69) is 0 Å². The predicted octanol–water partition coefficient (Wildman–Crippen LogP) is 4.65. The van der Waals surface area contributed by atoms with E-state index in [1.54, 1.807) is 14.2 Å². The average Bonchev–Trinajstić information content (AvgIpc) is 2.95. The van der Waals surface area contributed by atoms with Gasteiger partial charge in [0.15, 0.2) is 12.6 Å². The minimum Gasteiger partial charge on any atom is -0.497 e. The summed E-state index contributed by atoms with van der Waals surface area (Å²) >= 11 is 0. The van der Waals surface area contributed by atoms with E-state index in [0.717, 1.165) is 22.4 Å². The van der Waals surface area contributed by atoms with Gasteiger partial charge < -0.3 is 33.2 Å². The van der Waals surface area contributed by atoms with E-state index in [9.17, 15) is 0 Å². The van der Waals surface area contributed by atoms with Gasteiger partial charge in [0.1, 0.15) is 30.2 Å².